The normalized spacial score (nSPS) is 18.9. The topological polar surface area (TPSA) is 42.3 Å². The molecule has 4 heteroatoms. The fraction of sp³-hybridized carbons (Fsp3) is 0.273. The van der Waals surface area contributed by atoms with Crippen LogP contribution >= 0.6 is 0 Å². The Labute approximate surface area is 152 Å². The summed E-state index contributed by atoms with van der Waals surface area (Å²) >= 11 is 0. The lowest BCUT2D eigenvalue weighted by Crippen LogP contribution is -2.43. The van der Waals surface area contributed by atoms with E-state index in [2.05, 4.69) is 6.07 Å². The first-order valence-corrected chi connectivity index (χ1v) is 9.19. The van der Waals surface area contributed by atoms with Crippen LogP contribution in [0.3, 0.4) is 0 Å². The van der Waals surface area contributed by atoms with Gasteiger partial charge in [-0.05, 0) is 43.0 Å². The number of aromatic nitrogens is 1. The van der Waals surface area contributed by atoms with Crippen molar-refractivity contribution in [1.82, 2.24) is 9.47 Å². The Morgan fingerprint density at radius 3 is 2.65 bits per heavy atom. The monoisotopic (exact) mass is 344 g/mol. The number of benzene rings is 2. The molecule has 0 spiro atoms. The van der Waals surface area contributed by atoms with E-state index in [9.17, 15) is 9.59 Å². The molecule has 5 rings (SSSR count). The molecule has 26 heavy (non-hydrogen) atoms. The number of rotatable bonds is 1. The fourth-order valence-electron chi connectivity index (χ4n) is 4.62. The summed E-state index contributed by atoms with van der Waals surface area (Å²) in [5, 5.41) is 1.16. The predicted molar refractivity (Wildman–Crippen MR) is 100 cm³/mol. The van der Waals surface area contributed by atoms with Crippen LogP contribution in [-0.2, 0) is 6.42 Å². The quantitative estimate of drug-likeness (QED) is 0.666. The van der Waals surface area contributed by atoms with E-state index in [4.69, 9.17) is 0 Å². The minimum Gasteiger partial charge on any atom is -0.330 e. The van der Waals surface area contributed by atoms with Gasteiger partial charge < -0.3 is 4.90 Å². The Kier molecular flexibility index (Phi) is 3.29. The average molecular weight is 344 g/mol. The lowest BCUT2D eigenvalue weighted by Gasteiger charge is -2.39. The van der Waals surface area contributed by atoms with Crippen LogP contribution in [0.25, 0.3) is 10.9 Å². The first-order chi connectivity index (χ1) is 12.7. The third kappa shape index (κ3) is 2.02. The van der Waals surface area contributed by atoms with Gasteiger partial charge >= 0.3 is 0 Å². The molecule has 1 unspecified atom stereocenters. The summed E-state index contributed by atoms with van der Waals surface area (Å²) < 4.78 is 1.87. The number of fused-ring (bicyclic) bond motifs is 3. The van der Waals surface area contributed by atoms with Crippen molar-refractivity contribution in [2.24, 2.45) is 0 Å². The van der Waals surface area contributed by atoms with E-state index in [1.807, 2.05) is 58.9 Å². The van der Waals surface area contributed by atoms with Crippen molar-refractivity contribution in [1.29, 1.82) is 0 Å². The highest BCUT2D eigenvalue weighted by Gasteiger charge is 2.39. The highest BCUT2D eigenvalue weighted by Crippen LogP contribution is 2.42. The molecule has 3 aromatic rings. The van der Waals surface area contributed by atoms with Crippen molar-refractivity contribution in [3.8, 4) is 0 Å². The van der Waals surface area contributed by atoms with Crippen molar-refractivity contribution < 1.29 is 9.59 Å². The van der Waals surface area contributed by atoms with Crippen LogP contribution in [0.1, 0.15) is 50.9 Å². The summed E-state index contributed by atoms with van der Waals surface area (Å²) in [6, 6.07) is 15.8. The number of aryl methyl sites for hydroxylation is 1. The van der Waals surface area contributed by atoms with Crippen molar-refractivity contribution >= 4 is 22.7 Å². The maximum absolute atomic E-state index is 13.3. The molecule has 1 aromatic heterocycles. The summed E-state index contributed by atoms with van der Waals surface area (Å²) in [6.07, 6.45) is 1.98. The fourth-order valence-corrected chi connectivity index (χ4v) is 4.62. The zero-order valence-corrected chi connectivity index (χ0v) is 14.7. The van der Waals surface area contributed by atoms with Gasteiger partial charge in [0.2, 0.25) is 5.91 Å². The van der Waals surface area contributed by atoms with Gasteiger partial charge in [0.05, 0.1) is 17.3 Å². The van der Waals surface area contributed by atoms with Gasteiger partial charge in [-0.15, -0.1) is 0 Å². The summed E-state index contributed by atoms with van der Waals surface area (Å²) in [5.41, 5.74) is 5.02. The zero-order valence-electron chi connectivity index (χ0n) is 14.7. The van der Waals surface area contributed by atoms with Crippen LogP contribution in [0.2, 0.25) is 0 Å². The molecule has 0 bridgehead atoms. The largest absolute Gasteiger partial charge is 0.330 e. The zero-order chi connectivity index (χ0) is 17.8. The Balaban J connectivity index is 1.66. The SMILES string of the molecule is Cc1ccccc1C(=O)N1CCc2c3n(c4ccccc24)C(=O)CCC31. The van der Waals surface area contributed by atoms with Crippen molar-refractivity contribution in [3.63, 3.8) is 0 Å². The Morgan fingerprint density at radius 1 is 1.04 bits per heavy atom. The number of hydrogen-bond acceptors (Lipinski definition) is 2. The molecule has 2 aliphatic rings. The third-order valence-electron chi connectivity index (χ3n) is 5.83. The molecule has 1 atom stereocenters. The van der Waals surface area contributed by atoms with Crippen LogP contribution in [0.5, 0.6) is 0 Å². The molecule has 0 fully saturated rings. The van der Waals surface area contributed by atoms with Crippen molar-refractivity contribution in [3.05, 3.63) is 70.9 Å². The molecule has 2 aromatic carbocycles. The van der Waals surface area contributed by atoms with Gasteiger partial charge in [-0.3, -0.25) is 14.2 Å². The lowest BCUT2D eigenvalue weighted by atomic mass is 9.91. The second-order valence-corrected chi connectivity index (χ2v) is 7.23. The summed E-state index contributed by atoms with van der Waals surface area (Å²) in [7, 11) is 0. The first-order valence-electron chi connectivity index (χ1n) is 9.19. The lowest BCUT2D eigenvalue weighted by molar-refractivity contribution is 0.0592. The van der Waals surface area contributed by atoms with E-state index < -0.39 is 0 Å². The van der Waals surface area contributed by atoms with E-state index in [0.29, 0.717) is 19.4 Å². The summed E-state index contributed by atoms with van der Waals surface area (Å²) in [4.78, 5) is 27.9. The van der Waals surface area contributed by atoms with E-state index in [1.165, 1.54) is 5.56 Å². The highest BCUT2D eigenvalue weighted by atomic mass is 16.2. The van der Waals surface area contributed by atoms with Crippen LogP contribution in [-0.4, -0.2) is 27.8 Å². The third-order valence-corrected chi connectivity index (χ3v) is 5.83. The molecule has 0 saturated heterocycles. The van der Waals surface area contributed by atoms with E-state index in [0.717, 1.165) is 34.1 Å². The van der Waals surface area contributed by atoms with Crippen molar-refractivity contribution in [2.45, 2.75) is 32.2 Å². The first kappa shape index (κ1) is 15.4. The molecule has 0 aliphatic carbocycles. The van der Waals surface area contributed by atoms with Crippen LogP contribution < -0.4 is 0 Å². The van der Waals surface area contributed by atoms with Gasteiger partial charge in [-0.1, -0.05) is 36.4 Å². The molecule has 0 radical (unpaired) electrons. The number of carbonyl (C=O) groups excluding carboxylic acids is 2. The minimum absolute atomic E-state index is 0.0176. The number of para-hydroxylation sites is 1. The van der Waals surface area contributed by atoms with Crippen LogP contribution in [0, 0.1) is 6.92 Å². The summed E-state index contributed by atoms with van der Waals surface area (Å²) in [5.74, 6) is 0.216. The molecular weight excluding hydrogens is 324 g/mol. The molecule has 1 amide bonds. The van der Waals surface area contributed by atoms with E-state index in [1.54, 1.807) is 0 Å². The van der Waals surface area contributed by atoms with E-state index in [-0.39, 0.29) is 17.9 Å². The van der Waals surface area contributed by atoms with Crippen LogP contribution in [0.15, 0.2) is 48.5 Å². The molecule has 4 nitrogen and oxygen atoms in total. The summed E-state index contributed by atoms with van der Waals surface area (Å²) in [6.45, 7) is 2.68. The highest BCUT2D eigenvalue weighted by molar-refractivity contribution is 5.99. The van der Waals surface area contributed by atoms with E-state index >= 15 is 0 Å². The average Bonchev–Trinajstić information content (AvgIpc) is 3.01. The van der Waals surface area contributed by atoms with Gasteiger partial charge in [0.1, 0.15) is 0 Å². The molecular formula is C22H20N2O2. The van der Waals surface area contributed by atoms with Crippen LogP contribution in [0.4, 0.5) is 0 Å². The van der Waals surface area contributed by atoms with Gasteiger partial charge in [0, 0.05) is 23.9 Å². The molecule has 0 N–H and O–H groups in total. The molecule has 130 valence electrons. The Hall–Kier alpha value is -2.88. The number of hydrogen-bond donors (Lipinski definition) is 0. The maximum Gasteiger partial charge on any atom is 0.254 e. The second-order valence-electron chi connectivity index (χ2n) is 7.23. The molecule has 0 saturated carbocycles. The Morgan fingerprint density at radius 2 is 1.81 bits per heavy atom. The Bertz CT molecular complexity index is 1060. The maximum atomic E-state index is 13.3. The van der Waals surface area contributed by atoms with Crippen molar-refractivity contribution in [2.75, 3.05) is 6.54 Å². The molecule has 2 aliphatic heterocycles. The minimum atomic E-state index is -0.0176. The molecule has 3 heterocycles. The predicted octanol–water partition coefficient (Wildman–Crippen LogP) is 4.12. The number of nitrogens with zero attached hydrogens (tertiary/aromatic N) is 2. The van der Waals surface area contributed by atoms with Gasteiger partial charge in [-0.25, -0.2) is 0 Å². The van der Waals surface area contributed by atoms with Gasteiger partial charge in [0.15, 0.2) is 0 Å². The smallest absolute Gasteiger partial charge is 0.254 e. The number of carbonyl (C=O) groups is 2. The second kappa shape index (κ2) is 5.56. The van der Waals surface area contributed by atoms with Gasteiger partial charge in [0.25, 0.3) is 5.91 Å². The number of amides is 1. The van der Waals surface area contributed by atoms with Gasteiger partial charge in [-0.2, -0.15) is 0 Å². The standard InChI is InChI=1S/C22H20N2O2/c1-14-6-2-3-7-15(14)22(26)23-13-12-17-16-8-4-5-9-18(16)24-20(25)11-10-19(23)21(17)24/h2-9,19H,10-13H2,1H3.